The number of hydrogen-bond acceptors (Lipinski definition) is 4. The fraction of sp³-hybridized carbons (Fsp3) is 0.440. The average Bonchev–Trinajstić information content (AvgIpc) is 3.10. The second-order valence-corrected chi connectivity index (χ2v) is 7.83. The summed E-state index contributed by atoms with van der Waals surface area (Å²) in [6, 6.07) is 14.5. The summed E-state index contributed by atoms with van der Waals surface area (Å²) in [5.74, 6) is 2.01. The Labute approximate surface area is 184 Å². The normalized spacial score (nSPS) is 11.1. The summed E-state index contributed by atoms with van der Waals surface area (Å²) in [4.78, 5) is 16.3. The van der Waals surface area contributed by atoms with Gasteiger partial charge in [-0.1, -0.05) is 36.8 Å². The first kappa shape index (κ1) is 22.8. The fourth-order valence-corrected chi connectivity index (χ4v) is 3.83. The highest BCUT2D eigenvalue weighted by Crippen LogP contribution is 2.23. The number of carbonyl (C=O) groups is 1. The zero-order valence-corrected chi connectivity index (χ0v) is 18.8. The van der Waals surface area contributed by atoms with Crippen molar-refractivity contribution in [2.75, 3.05) is 26.9 Å². The Bertz CT molecular complexity index is 977. The Balaban J connectivity index is 1.56. The van der Waals surface area contributed by atoms with Gasteiger partial charge in [0.25, 0.3) is 0 Å². The summed E-state index contributed by atoms with van der Waals surface area (Å²) in [7, 11) is 1.53. The molecule has 1 N–H and O–H groups in total. The number of imidazole rings is 1. The van der Waals surface area contributed by atoms with E-state index >= 15 is 0 Å². The number of fused-ring (bicyclic) bond motifs is 1. The number of ether oxygens (including phenoxy) is 2. The van der Waals surface area contributed by atoms with E-state index in [1.165, 1.54) is 7.11 Å². The van der Waals surface area contributed by atoms with Gasteiger partial charge in [0.05, 0.1) is 17.6 Å². The summed E-state index contributed by atoms with van der Waals surface area (Å²) in [5, 5.41) is 2.87. The Hall–Kier alpha value is -2.86. The molecule has 3 aromatic rings. The smallest absolute Gasteiger partial charge is 0.245 e. The lowest BCUT2D eigenvalue weighted by Gasteiger charge is -2.14. The maximum absolute atomic E-state index is 11.4. The molecule has 6 heteroatoms. The number of rotatable bonds is 12. The molecule has 0 fully saturated rings. The monoisotopic (exact) mass is 423 g/mol. The van der Waals surface area contributed by atoms with Crippen molar-refractivity contribution in [1.29, 1.82) is 0 Å². The van der Waals surface area contributed by atoms with E-state index in [4.69, 9.17) is 14.5 Å². The van der Waals surface area contributed by atoms with Crippen LogP contribution in [0.3, 0.4) is 0 Å². The fourth-order valence-electron chi connectivity index (χ4n) is 3.83. The van der Waals surface area contributed by atoms with Crippen LogP contribution in [0.5, 0.6) is 5.75 Å². The number of benzene rings is 2. The standard InChI is InChI=1S/C25H33N3O3/c1-19-10-9-11-20(2)25(19)31-17-16-28-22-13-7-6-12-21(22)27-23(28)14-5-4-8-15-26-24(29)18-30-3/h6-7,9-13H,4-5,8,14-18H2,1-3H3,(H,26,29). The minimum Gasteiger partial charge on any atom is -0.491 e. The van der Waals surface area contributed by atoms with Crippen molar-refractivity contribution in [1.82, 2.24) is 14.9 Å². The second-order valence-electron chi connectivity index (χ2n) is 7.83. The number of nitrogens with zero attached hydrogens (tertiary/aromatic N) is 2. The van der Waals surface area contributed by atoms with Crippen molar-refractivity contribution in [3.05, 3.63) is 59.4 Å². The Morgan fingerprint density at radius 2 is 1.81 bits per heavy atom. The lowest BCUT2D eigenvalue weighted by atomic mass is 10.1. The van der Waals surface area contributed by atoms with Crippen LogP contribution in [0, 0.1) is 13.8 Å². The van der Waals surface area contributed by atoms with Gasteiger partial charge in [-0.15, -0.1) is 0 Å². The quantitative estimate of drug-likeness (QED) is 0.443. The molecule has 0 aliphatic carbocycles. The number of aryl methyl sites for hydroxylation is 3. The van der Waals surface area contributed by atoms with Crippen LogP contribution < -0.4 is 10.1 Å². The molecule has 6 nitrogen and oxygen atoms in total. The number of aromatic nitrogens is 2. The molecule has 0 aliphatic rings. The molecule has 1 aromatic heterocycles. The van der Waals surface area contributed by atoms with Crippen molar-refractivity contribution in [2.45, 2.75) is 46.1 Å². The second kappa shape index (κ2) is 11.5. The van der Waals surface area contributed by atoms with Crippen molar-refractivity contribution >= 4 is 16.9 Å². The van der Waals surface area contributed by atoms with Crippen molar-refractivity contribution in [3.63, 3.8) is 0 Å². The van der Waals surface area contributed by atoms with Gasteiger partial charge in [-0.2, -0.15) is 0 Å². The first-order valence-electron chi connectivity index (χ1n) is 11.0. The minimum atomic E-state index is -0.0619. The zero-order chi connectivity index (χ0) is 22.1. The lowest BCUT2D eigenvalue weighted by Crippen LogP contribution is -2.27. The summed E-state index contributed by atoms with van der Waals surface area (Å²) in [6.07, 6.45) is 3.92. The van der Waals surface area contributed by atoms with E-state index in [9.17, 15) is 4.79 Å². The lowest BCUT2D eigenvalue weighted by molar-refractivity contribution is -0.124. The van der Waals surface area contributed by atoms with E-state index in [1.807, 2.05) is 6.07 Å². The van der Waals surface area contributed by atoms with E-state index in [0.717, 1.165) is 66.0 Å². The van der Waals surface area contributed by atoms with Gasteiger partial charge in [-0.3, -0.25) is 4.79 Å². The van der Waals surface area contributed by atoms with E-state index in [-0.39, 0.29) is 12.5 Å². The number of methoxy groups -OCH3 is 1. The molecule has 0 saturated carbocycles. The molecular weight excluding hydrogens is 390 g/mol. The number of nitrogens with one attached hydrogen (secondary N) is 1. The van der Waals surface area contributed by atoms with Crippen molar-refractivity contribution in [2.24, 2.45) is 0 Å². The summed E-state index contributed by atoms with van der Waals surface area (Å²) < 4.78 is 13.2. The van der Waals surface area contributed by atoms with Gasteiger partial charge >= 0.3 is 0 Å². The summed E-state index contributed by atoms with van der Waals surface area (Å²) >= 11 is 0. The van der Waals surface area contributed by atoms with Crippen LogP contribution in [0.1, 0.15) is 36.2 Å². The molecule has 0 aliphatic heterocycles. The molecule has 1 heterocycles. The van der Waals surface area contributed by atoms with Crippen LogP contribution in [0.2, 0.25) is 0 Å². The number of hydrogen-bond donors (Lipinski definition) is 1. The van der Waals surface area contributed by atoms with E-state index < -0.39 is 0 Å². The van der Waals surface area contributed by atoms with Gasteiger partial charge < -0.3 is 19.4 Å². The van der Waals surface area contributed by atoms with Crippen molar-refractivity contribution in [3.8, 4) is 5.75 Å². The number of amides is 1. The maximum atomic E-state index is 11.4. The van der Waals surface area contributed by atoms with Gasteiger partial charge in [-0.25, -0.2) is 4.98 Å². The van der Waals surface area contributed by atoms with E-state index in [0.29, 0.717) is 13.2 Å². The third-order valence-electron chi connectivity index (χ3n) is 5.38. The molecular formula is C25H33N3O3. The molecule has 0 saturated heterocycles. The van der Waals surface area contributed by atoms with Gasteiger partial charge in [0.1, 0.15) is 24.8 Å². The molecule has 166 valence electrons. The molecule has 2 aromatic carbocycles. The Morgan fingerprint density at radius 1 is 1.03 bits per heavy atom. The number of para-hydroxylation sites is 3. The van der Waals surface area contributed by atoms with Crippen LogP contribution in [-0.4, -0.2) is 42.3 Å². The van der Waals surface area contributed by atoms with Crippen LogP contribution in [0.25, 0.3) is 11.0 Å². The first-order valence-corrected chi connectivity index (χ1v) is 11.0. The van der Waals surface area contributed by atoms with Gasteiger partial charge in [0, 0.05) is 20.1 Å². The average molecular weight is 424 g/mol. The topological polar surface area (TPSA) is 65.4 Å². The predicted octanol–water partition coefficient (Wildman–Crippen LogP) is 4.21. The van der Waals surface area contributed by atoms with Crippen LogP contribution in [0.4, 0.5) is 0 Å². The third kappa shape index (κ3) is 6.31. The van der Waals surface area contributed by atoms with E-state index in [2.05, 4.69) is 60.1 Å². The SMILES string of the molecule is COCC(=O)NCCCCCc1nc2ccccc2n1CCOc1c(C)cccc1C. The molecule has 0 radical (unpaired) electrons. The van der Waals surface area contributed by atoms with Crippen molar-refractivity contribution < 1.29 is 14.3 Å². The number of unbranched alkanes of at least 4 members (excludes halogenated alkanes) is 2. The maximum Gasteiger partial charge on any atom is 0.245 e. The largest absolute Gasteiger partial charge is 0.491 e. The molecule has 31 heavy (non-hydrogen) atoms. The predicted molar refractivity (Wildman–Crippen MR) is 124 cm³/mol. The zero-order valence-electron chi connectivity index (χ0n) is 18.8. The molecule has 0 spiro atoms. The van der Waals surface area contributed by atoms with Crippen LogP contribution >= 0.6 is 0 Å². The van der Waals surface area contributed by atoms with Gasteiger partial charge in [-0.05, 0) is 49.9 Å². The highest BCUT2D eigenvalue weighted by atomic mass is 16.5. The highest BCUT2D eigenvalue weighted by molar-refractivity contribution is 5.77. The molecule has 0 atom stereocenters. The highest BCUT2D eigenvalue weighted by Gasteiger charge is 2.11. The third-order valence-corrected chi connectivity index (χ3v) is 5.38. The molecule has 0 bridgehead atoms. The summed E-state index contributed by atoms with van der Waals surface area (Å²) in [5.41, 5.74) is 4.49. The van der Waals surface area contributed by atoms with E-state index in [1.54, 1.807) is 0 Å². The Morgan fingerprint density at radius 3 is 2.58 bits per heavy atom. The number of carbonyl (C=O) groups excluding carboxylic acids is 1. The van der Waals surface area contributed by atoms with Crippen LogP contribution in [0.15, 0.2) is 42.5 Å². The van der Waals surface area contributed by atoms with Gasteiger partial charge in [0.2, 0.25) is 5.91 Å². The molecule has 3 rings (SSSR count). The first-order chi connectivity index (χ1) is 15.1. The molecule has 1 amide bonds. The Kier molecular flexibility index (Phi) is 8.47. The summed E-state index contributed by atoms with van der Waals surface area (Å²) in [6.45, 7) is 6.33. The van der Waals surface area contributed by atoms with Crippen LogP contribution in [-0.2, 0) is 22.5 Å². The van der Waals surface area contributed by atoms with Gasteiger partial charge in [0.15, 0.2) is 0 Å². The minimum absolute atomic E-state index is 0.0619. The molecule has 0 unspecified atom stereocenters.